The van der Waals surface area contributed by atoms with Gasteiger partial charge < -0.3 is 64.9 Å². The second-order valence-corrected chi connectivity index (χ2v) is 30.6. The van der Waals surface area contributed by atoms with E-state index in [9.17, 15) is 48.3 Å². The number of aliphatic hydroxyl groups is 1. The number of carbonyl (C=O) groups is 9. The van der Waals surface area contributed by atoms with Crippen LogP contribution >= 0.6 is 0 Å². The van der Waals surface area contributed by atoms with Gasteiger partial charge in [-0.05, 0) is 133 Å². The maximum Gasteiger partial charge on any atom is 1.00 e. The second-order valence-electron chi connectivity index (χ2n) is 30.6. The van der Waals surface area contributed by atoms with E-state index in [0.29, 0.717) is 95.1 Å². The Bertz CT molecular complexity index is 4050. The Balaban J connectivity index is 0.000000258. The van der Waals surface area contributed by atoms with Crippen LogP contribution in [0.5, 0.6) is 23.3 Å². The van der Waals surface area contributed by atoms with Crippen molar-refractivity contribution in [2.45, 2.75) is 236 Å². The van der Waals surface area contributed by atoms with Gasteiger partial charge in [0.05, 0.1) is 99.4 Å². The molecule has 1 unspecified atom stereocenters. The number of nitrogens with one attached hydrogen (secondary N) is 2. The Labute approximate surface area is 632 Å². The van der Waals surface area contributed by atoms with Crippen LogP contribution in [0.25, 0.3) is 22.1 Å². The Kier molecular flexibility index (Phi) is 24.8. The number of ether oxygens (including phenoxy) is 8. The Hall–Kier alpha value is -7.75. The fourth-order valence-corrected chi connectivity index (χ4v) is 15.6. The first-order valence-corrected chi connectivity index (χ1v) is 36.0. The molecule has 12 rings (SSSR count). The molecule has 4 fully saturated rings. The molecule has 104 heavy (non-hydrogen) atoms. The number of aromatic nitrogens is 4. The van der Waals surface area contributed by atoms with Gasteiger partial charge in [-0.3, -0.25) is 33.6 Å². The van der Waals surface area contributed by atoms with Crippen LogP contribution in [0.1, 0.15) is 206 Å². The van der Waals surface area contributed by atoms with Gasteiger partial charge in [-0.1, -0.05) is 50.0 Å². The predicted molar refractivity (Wildman–Crippen MR) is 378 cm³/mol. The van der Waals surface area contributed by atoms with Crippen molar-refractivity contribution in [1.82, 2.24) is 40.4 Å². The number of aryl methyl sites for hydroxylation is 2. The number of allylic oxidation sites excluding steroid dienone is 2. The minimum atomic E-state index is -1.28. The summed E-state index contributed by atoms with van der Waals surface area (Å²) in [4.78, 5) is 146. The average Bonchev–Trinajstić information content (AvgIpc) is 1.69. The predicted octanol–water partition coefficient (Wildman–Crippen LogP) is 5.70. The van der Waals surface area contributed by atoms with Crippen molar-refractivity contribution in [3.63, 3.8) is 0 Å². The van der Waals surface area contributed by atoms with Crippen molar-refractivity contribution in [2.24, 2.45) is 23.7 Å². The molecule has 3 N–H and O–H groups in total. The number of hydrogen-bond donors (Lipinski definition) is 3. The monoisotopic (exact) mass is 1450 g/mol. The second kappa shape index (κ2) is 32.1. The van der Waals surface area contributed by atoms with Gasteiger partial charge in [0.15, 0.2) is 11.5 Å². The third-order valence-electron chi connectivity index (χ3n) is 20.5. The summed E-state index contributed by atoms with van der Waals surface area (Å²) < 4.78 is 46.2. The molecule has 0 bridgehead atoms. The van der Waals surface area contributed by atoms with Crippen LogP contribution in [0.2, 0.25) is 0 Å². The largest absolute Gasteiger partial charge is 1.00 e. The van der Waals surface area contributed by atoms with Gasteiger partial charge in [0.25, 0.3) is 0 Å². The molecule has 6 aliphatic heterocycles. The zero-order valence-electron chi connectivity index (χ0n) is 63.4. The van der Waals surface area contributed by atoms with Gasteiger partial charge in [-0.2, -0.15) is 0 Å². The van der Waals surface area contributed by atoms with Crippen LogP contribution in [0.15, 0.2) is 48.6 Å². The third-order valence-corrected chi connectivity index (χ3v) is 20.5. The molecule has 0 aromatic carbocycles. The fourth-order valence-electron chi connectivity index (χ4n) is 15.6. The van der Waals surface area contributed by atoms with E-state index in [4.69, 9.17) is 37.9 Å². The average molecular weight is 1450 g/mol. The van der Waals surface area contributed by atoms with Crippen LogP contribution < -0.4 is 59.1 Å². The van der Waals surface area contributed by atoms with Crippen LogP contribution in [-0.2, 0) is 57.3 Å². The number of Topliss-reactive ketones (excluding diaryl/α,β-unsaturated/α-hetero) is 1. The molecule has 4 amide bonds. The van der Waals surface area contributed by atoms with Gasteiger partial charge >= 0.3 is 53.4 Å². The summed E-state index contributed by atoms with van der Waals surface area (Å²) in [6, 6.07) is 4.71. The number of fused-ring (bicyclic) bond motifs is 10. The topological polar surface area (TPSA) is 330 Å². The molecule has 2 saturated carbocycles. The number of ketones is 1. The maximum atomic E-state index is 14.7. The zero-order chi connectivity index (χ0) is 73.4. The molecule has 26 nitrogen and oxygen atoms in total. The zero-order valence-corrected chi connectivity index (χ0v) is 64.4. The third kappa shape index (κ3) is 17.2. The first-order chi connectivity index (χ1) is 48.4. The summed E-state index contributed by atoms with van der Waals surface area (Å²) in [5, 5.41) is 17.8. The fraction of sp³-hybridized carbons (Fsp3) is 0.618. The molecule has 4 aromatic rings. The minimum Gasteiger partial charge on any atom is -1.00 e. The molecule has 2 saturated heterocycles. The SMILES string of the molecule is CCOC(=O)[C@@]12C[C@H]1/C=C\CCCCC[C@H](CC(=O)OC(C)(C)C)C(=O)N1C[C@@]3(CC(=O)c4c(c(C)nc5ccc(OC)nc45)O3)C[C@H]1C(=O)N2.CCOC(=O)[C@@]12C[C@H]1/C=C\CCCCC[C@H](CC(=O)OC(C)(C)C)C(=O)N1C[C@@]3(CC(O)c4c(c(C)nc5ccc(OC)nc45)O3)C[C@H]1C(=O)N2.[B].[H-].[Na+]. The van der Waals surface area contributed by atoms with E-state index in [0.717, 1.165) is 38.5 Å². The smallest absolute Gasteiger partial charge is 1.00 e. The standard InChI is InChI=1S/C38H50N4O9.C38H48N4O9.B.Na.H/c2*1-7-49-35(47)38-18-24(38)14-12-10-8-9-11-13-23(17-29(44)50-36(3,4)5)34(46)42-21-37(19-26(42)33(45)41-38)20-27(43)30-31-25(15-16-28(40-31)48-6)39-22(2)32(30)51-37;;;/h12,14-16,23-24,26-27,43H,7-11,13,17-21H2,1-6H3,(H,41,45);12,14-16,23-24,26H,7-11,13,17-21H2,1-6H3,(H,41,45);;;/q;;;+1;-1/b2*14-12-;;;/t23-,24-,26+,27?,37+,38-;23-,24-,26+,37+,38-;;;/m11.../s1. The summed E-state index contributed by atoms with van der Waals surface area (Å²) in [6.07, 6.45) is 14.6. The molecule has 4 aromatic heterocycles. The van der Waals surface area contributed by atoms with E-state index < -0.39 is 105 Å². The Morgan fingerprint density at radius 2 is 1.05 bits per heavy atom. The van der Waals surface area contributed by atoms with Crippen LogP contribution in [-0.4, -0.2) is 183 Å². The van der Waals surface area contributed by atoms with Crippen molar-refractivity contribution < 1.29 is 117 Å². The summed E-state index contributed by atoms with van der Waals surface area (Å²) in [6.45, 7) is 17.8. The molecule has 2 aliphatic carbocycles. The van der Waals surface area contributed by atoms with Gasteiger partial charge in [-0.15, -0.1) is 0 Å². The molecule has 3 radical (unpaired) electrons. The van der Waals surface area contributed by atoms with Crippen molar-refractivity contribution in [3.8, 4) is 23.3 Å². The number of amides is 4. The number of aliphatic hydroxyl groups excluding tert-OH is 1. The van der Waals surface area contributed by atoms with E-state index >= 15 is 0 Å². The molecule has 10 heterocycles. The number of esters is 4. The van der Waals surface area contributed by atoms with Gasteiger partial charge in [0, 0.05) is 63.5 Å². The van der Waals surface area contributed by atoms with Crippen LogP contribution in [0.4, 0.5) is 0 Å². The normalized spacial score (nSPS) is 28.9. The minimum absolute atomic E-state index is 0. The number of nitrogens with zero attached hydrogens (tertiary/aromatic N) is 6. The van der Waals surface area contributed by atoms with Crippen molar-refractivity contribution in [2.75, 3.05) is 40.5 Å². The number of methoxy groups -OCH3 is 2. The maximum absolute atomic E-state index is 14.7. The van der Waals surface area contributed by atoms with E-state index in [1.165, 1.54) is 24.0 Å². The van der Waals surface area contributed by atoms with Crippen molar-refractivity contribution in [3.05, 3.63) is 71.1 Å². The van der Waals surface area contributed by atoms with Crippen LogP contribution in [0.3, 0.4) is 0 Å². The molecule has 555 valence electrons. The first-order valence-electron chi connectivity index (χ1n) is 36.0. The van der Waals surface area contributed by atoms with Crippen LogP contribution in [0, 0.1) is 37.5 Å². The van der Waals surface area contributed by atoms with Crippen molar-refractivity contribution in [1.29, 1.82) is 0 Å². The Morgan fingerprint density at radius 1 is 0.606 bits per heavy atom. The molecule has 8 aliphatic rings. The van der Waals surface area contributed by atoms with E-state index in [1.807, 2.05) is 24.3 Å². The van der Waals surface area contributed by atoms with E-state index in [1.54, 1.807) is 93.5 Å². The summed E-state index contributed by atoms with van der Waals surface area (Å²) in [7, 11) is 2.99. The van der Waals surface area contributed by atoms with Crippen molar-refractivity contribution >= 4 is 83.8 Å². The Morgan fingerprint density at radius 3 is 1.52 bits per heavy atom. The summed E-state index contributed by atoms with van der Waals surface area (Å²) in [5.41, 5.74) is -2.82. The molecule has 28 heteroatoms. The molecule has 2 spiro atoms. The number of rotatable bonds is 10. The molecular weight excluding hydrogens is 1350 g/mol. The first kappa shape index (κ1) is 80.4. The van der Waals surface area contributed by atoms with Gasteiger partial charge in [-0.25, -0.2) is 29.5 Å². The summed E-state index contributed by atoms with van der Waals surface area (Å²) in [5.74, 6) is -4.87. The summed E-state index contributed by atoms with van der Waals surface area (Å²) >= 11 is 0. The van der Waals surface area contributed by atoms with E-state index in [-0.39, 0.29) is 139 Å². The van der Waals surface area contributed by atoms with Gasteiger partial charge in [0.2, 0.25) is 35.4 Å². The quantitative estimate of drug-likeness (QED) is 0.0741. The number of carbonyl (C=O) groups excluding carboxylic acids is 9. The molecule has 11 atom stereocenters. The number of hydrogen-bond acceptors (Lipinski definition) is 22. The van der Waals surface area contributed by atoms with E-state index in [2.05, 4.69) is 30.6 Å². The molecular formula is C76H99BN8NaO18. The number of pyridine rings is 4. The van der Waals surface area contributed by atoms with Gasteiger partial charge in [0.1, 0.15) is 62.3 Å².